The van der Waals surface area contributed by atoms with E-state index in [0.717, 1.165) is 36.7 Å². The van der Waals surface area contributed by atoms with Crippen LogP contribution >= 0.6 is 0 Å². The van der Waals surface area contributed by atoms with Gasteiger partial charge in [-0.1, -0.05) is 25.1 Å². The molecule has 1 saturated heterocycles. The highest BCUT2D eigenvalue weighted by atomic mass is 15.2. The number of anilines is 3. The second kappa shape index (κ2) is 6.77. The minimum Gasteiger partial charge on any atom is -0.356 e. The van der Waals surface area contributed by atoms with Gasteiger partial charge in [-0.25, -0.2) is 4.98 Å². The Labute approximate surface area is 132 Å². The molecule has 0 amide bonds. The smallest absolute Gasteiger partial charge is 0.229 e. The van der Waals surface area contributed by atoms with Crippen LogP contribution in [0.4, 0.5) is 17.5 Å². The predicted molar refractivity (Wildman–Crippen MR) is 91.9 cm³/mol. The van der Waals surface area contributed by atoms with E-state index in [1.165, 1.54) is 24.8 Å². The number of hydrogen-bond acceptors (Lipinski definition) is 4. The monoisotopic (exact) mass is 296 g/mol. The standard InChI is InChI=1S/C18H24N4/c1-3-15-9-5-6-10-16(15)20-18-19-14(2)13-17(21-18)22-11-7-4-8-12-22/h5-6,9-10,13H,3-4,7-8,11-12H2,1-2H3,(H,19,20,21). The molecule has 0 bridgehead atoms. The van der Waals surface area contributed by atoms with Crippen LogP contribution in [0.3, 0.4) is 0 Å². The number of aryl methyl sites for hydroxylation is 2. The van der Waals surface area contributed by atoms with Gasteiger partial charge in [0.05, 0.1) is 0 Å². The molecule has 1 fully saturated rings. The molecule has 0 unspecified atom stereocenters. The third kappa shape index (κ3) is 3.38. The Morgan fingerprint density at radius 3 is 2.64 bits per heavy atom. The third-order valence-corrected chi connectivity index (χ3v) is 4.17. The first-order valence-corrected chi connectivity index (χ1v) is 8.22. The fourth-order valence-corrected chi connectivity index (χ4v) is 2.96. The minimum atomic E-state index is 0.696. The zero-order chi connectivity index (χ0) is 15.4. The molecule has 0 atom stereocenters. The number of benzene rings is 1. The molecule has 4 nitrogen and oxygen atoms in total. The van der Waals surface area contributed by atoms with Crippen LogP contribution in [-0.4, -0.2) is 23.1 Å². The van der Waals surface area contributed by atoms with Gasteiger partial charge in [0.15, 0.2) is 0 Å². The number of nitrogens with one attached hydrogen (secondary N) is 1. The maximum absolute atomic E-state index is 4.73. The van der Waals surface area contributed by atoms with Crippen molar-refractivity contribution in [1.82, 2.24) is 9.97 Å². The zero-order valence-corrected chi connectivity index (χ0v) is 13.5. The maximum Gasteiger partial charge on any atom is 0.229 e. The normalized spacial score (nSPS) is 14.9. The summed E-state index contributed by atoms with van der Waals surface area (Å²) >= 11 is 0. The van der Waals surface area contributed by atoms with Crippen molar-refractivity contribution in [2.24, 2.45) is 0 Å². The molecule has 1 aliphatic rings. The van der Waals surface area contributed by atoms with Crippen molar-refractivity contribution in [3.05, 3.63) is 41.6 Å². The molecule has 1 aromatic heterocycles. The Balaban J connectivity index is 1.85. The van der Waals surface area contributed by atoms with Crippen LogP contribution in [0, 0.1) is 6.92 Å². The van der Waals surface area contributed by atoms with Crippen LogP contribution in [-0.2, 0) is 6.42 Å². The average Bonchev–Trinajstić information content (AvgIpc) is 2.56. The number of nitrogens with zero attached hydrogens (tertiary/aromatic N) is 3. The van der Waals surface area contributed by atoms with Gasteiger partial charge in [0.2, 0.25) is 5.95 Å². The fourth-order valence-electron chi connectivity index (χ4n) is 2.96. The van der Waals surface area contributed by atoms with Crippen molar-refractivity contribution >= 4 is 17.5 Å². The quantitative estimate of drug-likeness (QED) is 0.923. The van der Waals surface area contributed by atoms with Crippen molar-refractivity contribution in [3.8, 4) is 0 Å². The number of piperidine rings is 1. The Hall–Kier alpha value is -2.10. The topological polar surface area (TPSA) is 41.1 Å². The number of aromatic nitrogens is 2. The van der Waals surface area contributed by atoms with Crippen molar-refractivity contribution in [2.75, 3.05) is 23.3 Å². The highest BCUT2D eigenvalue weighted by molar-refractivity contribution is 5.60. The Kier molecular flexibility index (Phi) is 4.56. The van der Waals surface area contributed by atoms with Gasteiger partial charge < -0.3 is 10.2 Å². The van der Waals surface area contributed by atoms with E-state index in [2.05, 4.69) is 46.4 Å². The van der Waals surface area contributed by atoms with E-state index in [1.54, 1.807) is 0 Å². The van der Waals surface area contributed by atoms with Crippen molar-refractivity contribution in [1.29, 1.82) is 0 Å². The van der Waals surface area contributed by atoms with Crippen molar-refractivity contribution in [2.45, 2.75) is 39.5 Å². The summed E-state index contributed by atoms with van der Waals surface area (Å²) in [5.74, 6) is 1.74. The summed E-state index contributed by atoms with van der Waals surface area (Å²) in [7, 11) is 0. The van der Waals surface area contributed by atoms with Crippen LogP contribution in [0.15, 0.2) is 30.3 Å². The van der Waals surface area contributed by atoms with E-state index >= 15 is 0 Å². The molecule has 22 heavy (non-hydrogen) atoms. The van der Waals surface area contributed by atoms with Crippen LogP contribution < -0.4 is 10.2 Å². The second-order valence-corrected chi connectivity index (χ2v) is 5.87. The van der Waals surface area contributed by atoms with Crippen molar-refractivity contribution in [3.63, 3.8) is 0 Å². The molecule has 1 aliphatic heterocycles. The van der Waals surface area contributed by atoms with Crippen molar-refractivity contribution < 1.29 is 0 Å². The van der Waals surface area contributed by atoms with Gasteiger partial charge in [0.25, 0.3) is 0 Å². The van der Waals surface area contributed by atoms with Gasteiger partial charge in [-0.2, -0.15) is 4.98 Å². The van der Waals surface area contributed by atoms with E-state index in [0.29, 0.717) is 5.95 Å². The molecule has 0 spiro atoms. The van der Waals surface area contributed by atoms with Gasteiger partial charge >= 0.3 is 0 Å². The van der Waals surface area contributed by atoms with Crippen LogP contribution in [0.1, 0.15) is 37.4 Å². The molecular weight excluding hydrogens is 272 g/mol. The van der Waals surface area contributed by atoms with Gasteiger partial charge in [-0.3, -0.25) is 0 Å². The lowest BCUT2D eigenvalue weighted by atomic mass is 10.1. The maximum atomic E-state index is 4.73. The summed E-state index contributed by atoms with van der Waals surface area (Å²) in [6.45, 7) is 6.39. The first-order chi connectivity index (χ1) is 10.8. The summed E-state index contributed by atoms with van der Waals surface area (Å²) in [5.41, 5.74) is 3.39. The predicted octanol–water partition coefficient (Wildman–Crippen LogP) is 4.08. The van der Waals surface area contributed by atoms with E-state index in [9.17, 15) is 0 Å². The lowest BCUT2D eigenvalue weighted by Gasteiger charge is -2.28. The Morgan fingerprint density at radius 2 is 1.86 bits per heavy atom. The van der Waals surface area contributed by atoms with E-state index in [1.807, 2.05) is 13.0 Å². The summed E-state index contributed by atoms with van der Waals surface area (Å²) < 4.78 is 0. The molecule has 2 aromatic rings. The molecule has 0 saturated carbocycles. The second-order valence-electron chi connectivity index (χ2n) is 5.87. The largest absolute Gasteiger partial charge is 0.356 e. The number of hydrogen-bond donors (Lipinski definition) is 1. The lowest BCUT2D eigenvalue weighted by Crippen LogP contribution is -2.30. The zero-order valence-electron chi connectivity index (χ0n) is 13.5. The Bertz CT molecular complexity index is 633. The van der Waals surface area contributed by atoms with Crippen LogP contribution in [0.25, 0.3) is 0 Å². The molecule has 1 N–H and O–H groups in total. The number of rotatable bonds is 4. The molecule has 2 heterocycles. The highest BCUT2D eigenvalue weighted by Gasteiger charge is 2.14. The first kappa shape index (κ1) is 14.8. The van der Waals surface area contributed by atoms with Gasteiger partial charge in [-0.15, -0.1) is 0 Å². The van der Waals surface area contributed by atoms with E-state index in [-0.39, 0.29) is 0 Å². The average molecular weight is 296 g/mol. The first-order valence-electron chi connectivity index (χ1n) is 8.22. The molecule has 0 aliphatic carbocycles. The van der Waals surface area contributed by atoms with E-state index < -0.39 is 0 Å². The van der Waals surface area contributed by atoms with E-state index in [4.69, 9.17) is 4.98 Å². The third-order valence-electron chi connectivity index (χ3n) is 4.17. The summed E-state index contributed by atoms with van der Waals surface area (Å²) in [6, 6.07) is 10.4. The number of para-hydroxylation sites is 1. The van der Waals surface area contributed by atoms with Gasteiger partial charge in [-0.05, 0) is 44.2 Å². The van der Waals surface area contributed by atoms with Gasteiger partial charge in [0.1, 0.15) is 5.82 Å². The van der Waals surface area contributed by atoms with Crippen LogP contribution in [0.2, 0.25) is 0 Å². The SMILES string of the molecule is CCc1ccccc1Nc1nc(C)cc(N2CCCCC2)n1. The molecule has 4 heteroatoms. The summed E-state index contributed by atoms with van der Waals surface area (Å²) in [4.78, 5) is 11.7. The lowest BCUT2D eigenvalue weighted by molar-refractivity contribution is 0.573. The molecule has 0 radical (unpaired) electrons. The summed E-state index contributed by atoms with van der Waals surface area (Å²) in [6.07, 6.45) is 4.83. The molecule has 1 aromatic carbocycles. The molecule has 116 valence electrons. The molecule has 3 rings (SSSR count). The van der Waals surface area contributed by atoms with Crippen LogP contribution in [0.5, 0.6) is 0 Å². The fraction of sp³-hybridized carbons (Fsp3) is 0.444. The molecular formula is C18H24N4. The summed E-state index contributed by atoms with van der Waals surface area (Å²) in [5, 5.41) is 3.39. The Morgan fingerprint density at radius 1 is 1.09 bits per heavy atom. The highest BCUT2D eigenvalue weighted by Crippen LogP contribution is 2.23. The minimum absolute atomic E-state index is 0.696. The van der Waals surface area contributed by atoms with Gasteiger partial charge in [0, 0.05) is 30.5 Å².